The smallest absolute Gasteiger partial charge is 0.317 e. The molecule has 3 fully saturated rings. The quantitative estimate of drug-likeness (QED) is 0.0524. The molecule has 0 amide bonds. The third kappa shape index (κ3) is 14.0. The van der Waals surface area contributed by atoms with Gasteiger partial charge in [-0.3, -0.25) is 9.59 Å². The highest BCUT2D eigenvalue weighted by atomic mass is 28.5. The fraction of sp³-hybridized carbons (Fsp3) is 0.600. The molecule has 0 aromatic heterocycles. The summed E-state index contributed by atoms with van der Waals surface area (Å²) in [6, 6.07) is 18.1. The number of carbonyl (C=O) groups excluding carboxylic acids is 2. The highest BCUT2D eigenvalue weighted by molar-refractivity contribution is 6.93. The maximum atomic E-state index is 11.4. The van der Waals surface area contributed by atoms with Crippen molar-refractivity contribution in [2.24, 2.45) is 0 Å². The minimum atomic E-state index is -2.89. The Morgan fingerprint density at radius 3 is 1.43 bits per heavy atom. The zero-order valence-electron chi connectivity index (χ0n) is 30.9. The number of hydrogen-bond donors (Lipinski definition) is 0. The maximum Gasteiger partial charge on any atom is 0.317 e. The van der Waals surface area contributed by atoms with E-state index in [-0.39, 0.29) is 24.3 Å². The number of carbonyl (C=O) groups is 2. The van der Waals surface area contributed by atoms with Crippen molar-refractivity contribution in [1.29, 1.82) is 0 Å². The van der Waals surface area contributed by atoms with Gasteiger partial charge >= 0.3 is 46.2 Å². The van der Waals surface area contributed by atoms with Gasteiger partial charge in [0.15, 0.2) is 6.29 Å². The molecule has 3 aliphatic heterocycles. The lowest BCUT2D eigenvalue weighted by molar-refractivity contribution is -0.132. The Bertz CT molecular complexity index is 1360. The van der Waals surface area contributed by atoms with E-state index in [2.05, 4.69) is 26.2 Å². The fourth-order valence-corrected chi connectivity index (χ4v) is 29.6. The molecule has 0 aliphatic carbocycles. The summed E-state index contributed by atoms with van der Waals surface area (Å²) in [6.07, 6.45) is 3.18. The minimum absolute atomic E-state index is 0.100. The Morgan fingerprint density at radius 1 is 0.627 bits per heavy atom. The van der Waals surface area contributed by atoms with E-state index in [1.807, 2.05) is 48.5 Å². The predicted molar refractivity (Wildman–Crippen MR) is 198 cm³/mol. The zero-order valence-corrected chi connectivity index (χ0v) is 34.9. The molecule has 2 aromatic rings. The van der Waals surface area contributed by atoms with Crippen LogP contribution >= 0.6 is 0 Å². The van der Waals surface area contributed by atoms with E-state index in [9.17, 15) is 9.59 Å². The van der Waals surface area contributed by atoms with E-state index >= 15 is 0 Å². The fourth-order valence-electron chi connectivity index (χ4n) is 6.46. The van der Waals surface area contributed by atoms with Crippen LogP contribution in [0.15, 0.2) is 48.5 Å². The van der Waals surface area contributed by atoms with Crippen molar-refractivity contribution < 1.29 is 54.5 Å². The molecule has 0 bridgehead atoms. The van der Waals surface area contributed by atoms with Crippen LogP contribution in [0.25, 0.3) is 0 Å². The van der Waals surface area contributed by atoms with Crippen molar-refractivity contribution >= 4 is 46.2 Å². The number of hydrogen-bond acceptors (Lipinski definition) is 12. The molecule has 0 radical (unpaired) electrons. The first-order valence-electron chi connectivity index (χ1n) is 18.0. The molecule has 3 saturated heterocycles. The van der Waals surface area contributed by atoms with Gasteiger partial charge in [0.1, 0.15) is 24.2 Å². The van der Waals surface area contributed by atoms with E-state index in [0.717, 1.165) is 55.5 Å². The van der Waals surface area contributed by atoms with Gasteiger partial charge in [0.05, 0.1) is 13.2 Å². The number of ether oxygens (including phenoxy) is 6. The van der Waals surface area contributed by atoms with Crippen LogP contribution in [-0.2, 0) is 57.8 Å². The van der Waals surface area contributed by atoms with Crippen LogP contribution in [0.1, 0.15) is 37.8 Å². The lowest BCUT2D eigenvalue weighted by Crippen LogP contribution is -2.67. The molecule has 51 heavy (non-hydrogen) atoms. The van der Waals surface area contributed by atoms with Gasteiger partial charge in [-0.05, 0) is 111 Å². The second-order valence-corrected chi connectivity index (χ2v) is 28.6. The van der Waals surface area contributed by atoms with E-state index in [1.54, 1.807) is 0 Å². The van der Waals surface area contributed by atoms with Crippen molar-refractivity contribution in [2.45, 2.75) is 102 Å². The van der Waals surface area contributed by atoms with E-state index in [4.69, 9.17) is 44.9 Å². The third-order valence-corrected chi connectivity index (χ3v) is 27.5. The summed E-state index contributed by atoms with van der Waals surface area (Å²) in [7, 11) is -11.5. The molecule has 282 valence electrons. The van der Waals surface area contributed by atoms with Gasteiger partial charge in [-0.25, -0.2) is 0 Å². The summed E-state index contributed by atoms with van der Waals surface area (Å²) in [6.45, 7) is 14.6. The van der Waals surface area contributed by atoms with Gasteiger partial charge in [-0.15, -0.1) is 0 Å². The van der Waals surface area contributed by atoms with Gasteiger partial charge in [0, 0.05) is 27.1 Å². The van der Waals surface area contributed by atoms with Crippen LogP contribution in [0.5, 0.6) is 11.5 Å². The molecule has 5 rings (SSSR count). The van der Waals surface area contributed by atoms with Crippen LogP contribution < -0.4 is 9.47 Å². The number of benzene rings is 2. The average Bonchev–Trinajstić information content (AvgIpc) is 3.98. The summed E-state index contributed by atoms with van der Waals surface area (Å²) < 4.78 is 62.1. The molecule has 2 aromatic carbocycles. The molecule has 4 unspecified atom stereocenters. The Balaban J connectivity index is 1.35. The molecule has 12 nitrogen and oxygen atoms in total. The number of esters is 2. The summed E-state index contributed by atoms with van der Waals surface area (Å²) in [5.74, 6) is 0.352. The molecule has 0 N–H and O–H groups in total. The van der Waals surface area contributed by atoms with Crippen LogP contribution in [0.4, 0.5) is 0 Å². The molecule has 16 heteroatoms. The zero-order chi connectivity index (χ0) is 36.5. The van der Waals surface area contributed by atoms with E-state index in [1.165, 1.54) is 13.8 Å². The third-order valence-electron chi connectivity index (χ3n) is 8.84. The van der Waals surface area contributed by atoms with Crippen molar-refractivity contribution in [3.63, 3.8) is 0 Å². The van der Waals surface area contributed by atoms with Crippen LogP contribution in [0.2, 0.25) is 50.4 Å². The second kappa shape index (κ2) is 17.8. The van der Waals surface area contributed by atoms with Gasteiger partial charge in [-0.2, -0.15) is 0 Å². The van der Waals surface area contributed by atoms with Crippen LogP contribution in [-0.4, -0.2) is 91.6 Å². The lowest BCUT2D eigenvalue weighted by Gasteiger charge is -2.50. The molecule has 0 spiro atoms. The number of rotatable bonds is 19. The Morgan fingerprint density at radius 2 is 1.04 bits per heavy atom. The normalized spacial score (nSPS) is 30.2. The van der Waals surface area contributed by atoms with Crippen molar-refractivity contribution in [2.75, 3.05) is 33.0 Å². The lowest BCUT2D eigenvalue weighted by atomic mass is 10.2. The summed E-state index contributed by atoms with van der Waals surface area (Å²) in [4.78, 5) is 22.9. The highest BCUT2D eigenvalue weighted by Gasteiger charge is 2.56. The predicted octanol–water partition coefficient (Wildman–Crippen LogP) is 6.26. The van der Waals surface area contributed by atoms with Crippen molar-refractivity contribution in [3.8, 4) is 11.5 Å². The molecule has 4 atom stereocenters. The average molecular weight is 779 g/mol. The van der Waals surface area contributed by atoms with Crippen molar-refractivity contribution in [1.82, 2.24) is 0 Å². The molecular formula is C35H54O12Si4. The topological polar surface area (TPSA) is 133 Å². The van der Waals surface area contributed by atoms with E-state index < -0.39 is 34.2 Å². The van der Waals surface area contributed by atoms with Crippen LogP contribution in [0.3, 0.4) is 0 Å². The summed E-state index contributed by atoms with van der Waals surface area (Å²) in [5.41, 5.74) is 2.21. The maximum absolute atomic E-state index is 11.4. The summed E-state index contributed by atoms with van der Waals surface area (Å²) >= 11 is 0. The van der Waals surface area contributed by atoms with Gasteiger partial charge in [0.2, 0.25) is 0 Å². The summed E-state index contributed by atoms with van der Waals surface area (Å²) in [5, 5.41) is 0. The largest absolute Gasteiger partial charge is 0.427 e. The first-order chi connectivity index (χ1) is 24.2. The number of epoxide rings is 2. The van der Waals surface area contributed by atoms with Gasteiger partial charge < -0.3 is 44.9 Å². The minimum Gasteiger partial charge on any atom is -0.427 e. The Hall–Kier alpha value is -2.07. The first-order valence-corrected chi connectivity index (χ1v) is 28.1. The number of aryl methyl sites for hydroxylation is 2. The molecule has 0 saturated carbocycles. The first kappa shape index (κ1) is 40.1. The van der Waals surface area contributed by atoms with E-state index in [0.29, 0.717) is 50.0 Å². The molecule has 3 heterocycles. The molecule has 3 aliphatic rings. The highest BCUT2D eigenvalue weighted by Crippen LogP contribution is 2.39. The monoisotopic (exact) mass is 778 g/mol. The van der Waals surface area contributed by atoms with Crippen LogP contribution in [0, 0.1) is 0 Å². The van der Waals surface area contributed by atoms with Gasteiger partial charge in [-0.1, -0.05) is 24.3 Å². The SMILES string of the molecule is CC(=O)Oc1ccc(CC[Si]2(C)O[Si](C)(CCCOCC3CO3)O[Si](C)(CCc3ccc(OC(C)=O)cc3)O[Si](C)(CCCOC3CO3)O2)cc1. The Labute approximate surface area is 306 Å². The molecular weight excluding hydrogens is 725 g/mol. The van der Waals surface area contributed by atoms with Crippen molar-refractivity contribution in [3.05, 3.63) is 59.7 Å². The Kier molecular flexibility index (Phi) is 14.0. The standard InChI is InChI=1S/C35H54O12Si4/c1-28(36)42-32-13-9-30(10-14-32)17-23-50(5)44-48(3,21-7-19-38-25-34-26-40-34)45-51(6,24-18-31-11-15-33(16-12-31)43-29(2)37)47-49(4,46-50)22-8-20-39-35-27-41-35/h9-16,34-35H,7-8,17-27H2,1-6H3. The van der Waals surface area contributed by atoms with Gasteiger partial charge in [0.25, 0.3) is 0 Å². The second-order valence-electron chi connectivity index (χ2n) is 14.3.